The standard InChI is InChI=1S/C25H25NO5/c1-13-9-17(24(27)15-10-20(29-4)25(31-6)21(11-15)30-5)14(2)22-18-12-16(28-3)7-8-19(18)26-23(13)22/h7-12,26H,1-6H3. The summed E-state index contributed by atoms with van der Waals surface area (Å²) in [5, 5.41) is 2.04. The molecule has 0 bridgehead atoms. The van der Waals surface area contributed by atoms with Gasteiger partial charge in [-0.2, -0.15) is 0 Å². The number of aromatic amines is 1. The van der Waals surface area contributed by atoms with Gasteiger partial charge in [-0.25, -0.2) is 0 Å². The number of nitrogens with one attached hydrogen (secondary N) is 1. The molecule has 0 amide bonds. The summed E-state index contributed by atoms with van der Waals surface area (Å²) in [5.74, 6) is 1.99. The monoisotopic (exact) mass is 419 g/mol. The predicted molar refractivity (Wildman–Crippen MR) is 121 cm³/mol. The van der Waals surface area contributed by atoms with Crippen molar-refractivity contribution in [3.63, 3.8) is 0 Å². The van der Waals surface area contributed by atoms with E-state index in [1.54, 1.807) is 19.2 Å². The van der Waals surface area contributed by atoms with Crippen molar-refractivity contribution in [2.24, 2.45) is 0 Å². The van der Waals surface area contributed by atoms with Gasteiger partial charge in [-0.05, 0) is 61.4 Å². The van der Waals surface area contributed by atoms with Crippen molar-refractivity contribution in [2.45, 2.75) is 13.8 Å². The molecular formula is C25H25NO5. The minimum Gasteiger partial charge on any atom is -0.497 e. The highest BCUT2D eigenvalue weighted by atomic mass is 16.5. The number of carbonyl (C=O) groups is 1. The number of ether oxygens (including phenoxy) is 4. The van der Waals surface area contributed by atoms with E-state index < -0.39 is 0 Å². The predicted octanol–water partition coefficient (Wildman–Crippen LogP) is 5.20. The average Bonchev–Trinajstić information content (AvgIpc) is 3.19. The van der Waals surface area contributed by atoms with Crippen LogP contribution in [0.2, 0.25) is 0 Å². The van der Waals surface area contributed by atoms with Gasteiger partial charge in [-0.1, -0.05) is 0 Å². The molecule has 0 aliphatic carbocycles. The molecule has 0 spiro atoms. The van der Waals surface area contributed by atoms with Gasteiger partial charge in [0.1, 0.15) is 5.75 Å². The third-order valence-electron chi connectivity index (χ3n) is 5.71. The molecule has 0 aliphatic rings. The number of aryl methyl sites for hydroxylation is 2. The van der Waals surface area contributed by atoms with Crippen molar-refractivity contribution < 1.29 is 23.7 Å². The zero-order valence-electron chi connectivity index (χ0n) is 18.5. The van der Waals surface area contributed by atoms with Gasteiger partial charge < -0.3 is 23.9 Å². The summed E-state index contributed by atoms with van der Waals surface area (Å²) in [4.78, 5) is 17.1. The fourth-order valence-electron chi connectivity index (χ4n) is 4.12. The van der Waals surface area contributed by atoms with Crippen LogP contribution in [0.1, 0.15) is 27.0 Å². The fraction of sp³-hybridized carbons (Fsp3) is 0.240. The number of hydrogen-bond acceptors (Lipinski definition) is 5. The van der Waals surface area contributed by atoms with Gasteiger partial charge in [-0.3, -0.25) is 4.79 Å². The number of carbonyl (C=O) groups excluding carboxylic acids is 1. The first-order chi connectivity index (χ1) is 14.9. The van der Waals surface area contributed by atoms with Crippen molar-refractivity contribution in [3.05, 3.63) is 58.7 Å². The molecule has 0 saturated carbocycles. The lowest BCUT2D eigenvalue weighted by atomic mass is 9.93. The Morgan fingerprint density at radius 3 is 2.10 bits per heavy atom. The van der Waals surface area contributed by atoms with E-state index in [1.807, 2.05) is 38.1 Å². The van der Waals surface area contributed by atoms with Gasteiger partial charge >= 0.3 is 0 Å². The Hall–Kier alpha value is -3.67. The third-order valence-corrected chi connectivity index (χ3v) is 5.71. The molecule has 1 aromatic heterocycles. The Bertz CT molecular complexity index is 1290. The second-order valence-corrected chi connectivity index (χ2v) is 7.40. The minimum absolute atomic E-state index is 0.112. The summed E-state index contributed by atoms with van der Waals surface area (Å²) in [7, 11) is 6.25. The molecule has 4 aromatic rings. The summed E-state index contributed by atoms with van der Waals surface area (Å²) in [6.07, 6.45) is 0. The Kier molecular flexibility index (Phi) is 5.23. The molecule has 6 nitrogen and oxygen atoms in total. The topological polar surface area (TPSA) is 69.8 Å². The maximum absolute atomic E-state index is 13.6. The second-order valence-electron chi connectivity index (χ2n) is 7.40. The number of ketones is 1. The first kappa shape index (κ1) is 20.6. The number of aromatic nitrogens is 1. The Morgan fingerprint density at radius 2 is 1.52 bits per heavy atom. The van der Waals surface area contributed by atoms with E-state index in [0.29, 0.717) is 28.4 Å². The third kappa shape index (κ3) is 3.24. The molecule has 4 rings (SSSR count). The van der Waals surface area contributed by atoms with E-state index >= 15 is 0 Å². The molecule has 31 heavy (non-hydrogen) atoms. The minimum atomic E-state index is -0.112. The van der Waals surface area contributed by atoms with Crippen molar-refractivity contribution in [1.82, 2.24) is 4.98 Å². The molecule has 0 atom stereocenters. The van der Waals surface area contributed by atoms with Crippen LogP contribution in [0.5, 0.6) is 23.0 Å². The van der Waals surface area contributed by atoms with Gasteiger partial charge in [0.05, 0.1) is 28.4 Å². The maximum Gasteiger partial charge on any atom is 0.203 e. The quantitative estimate of drug-likeness (QED) is 0.435. The molecular weight excluding hydrogens is 394 g/mol. The number of rotatable bonds is 6. The highest BCUT2D eigenvalue weighted by molar-refractivity contribution is 6.17. The normalized spacial score (nSPS) is 11.0. The molecule has 1 heterocycles. The first-order valence-corrected chi connectivity index (χ1v) is 9.87. The van der Waals surface area contributed by atoms with E-state index in [1.165, 1.54) is 21.3 Å². The van der Waals surface area contributed by atoms with E-state index in [9.17, 15) is 4.79 Å². The van der Waals surface area contributed by atoms with E-state index in [4.69, 9.17) is 18.9 Å². The van der Waals surface area contributed by atoms with Crippen molar-refractivity contribution in [1.29, 1.82) is 0 Å². The zero-order valence-corrected chi connectivity index (χ0v) is 18.5. The van der Waals surface area contributed by atoms with Gasteiger partial charge in [0.25, 0.3) is 0 Å². The van der Waals surface area contributed by atoms with Crippen LogP contribution in [0.25, 0.3) is 21.8 Å². The molecule has 3 aromatic carbocycles. The smallest absolute Gasteiger partial charge is 0.203 e. The Labute approximate surface area is 180 Å². The molecule has 160 valence electrons. The largest absolute Gasteiger partial charge is 0.497 e. The van der Waals surface area contributed by atoms with Gasteiger partial charge in [0.2, 0.25) is 5.75 Å². The molecule has 0 fully saturated rings. The van der Waals surface area contributed by atoms with Gasteiger partial charge in [-0.15, -0.1) is 0 Å². The van der Waals surface area contributed by atoms with Crippen molar-refractivity contribution in [2.75, 3.05) is 28.4 Å². The Morgan fingerprint density at radius 1 is 0.839 bits per heavy atom. The molecule has 0 radical (unpaired) electrons. The number of fused-ring (bicyclic) bond motifs is 3. The molecule has 0 saturated heterocycles. The van der Waals surface area contributed by atoms with Crippen LogP contribution in [0, 0.1) is 13.8 Å². The summed E-state index contributed by atoms with van der Waals surface area (Å²) < 4.78 is 21.6. The molecule has 0 unspecified atom stereocenters. The lowest BCUT2D eigenvalue weighted by molar-refractivity contribution is 0.103. The number of methoxy groups -OCH3 is 4. The van der Waals surface area contributed by atoms with Crippen LogP contribution in [0.4, 0.5) is 0 Å². The van der Waals surface area contributed by atoms with Gasteiger partial charge in [0, 0.05) is 32.9 Å². The van der Waals surface area contributed by atoms with Crippen LogP contribution in [0.3, 0.4) is 0 Å². The summed E-state index contributed by atoms with van der Waals surface area (Å²) in [6.45, 7) is 3.97. The number of hydrogen-bond donors (Lipinski definition) is 1. The van der Waals surface area contributed by atoms with E-state index in [0.717, 1.165) is 38.7 Å². The van der Waals surface area contributed by atoms with E-state index in [2.05, 4.69) is 4.98 Å². The molecule has 0 aliphatic heterocycles. The van der Waals surface area contributed by atoms with Crippen LogP contribution >= 0.6 is 0 Å². The summed E-state index contributed by atoms with van der Waals surface area (Å²) >= 11 is 0. The van der Waals surface area contributed by atoms with Gasteiger partial charge in [0.15, 0.2) is 17.3 Å². The number of benzene rings is 3. The lowest BCUT2D eigenvalue weighted by Gasteiger charge is -2.15. The van der Waals surface area contributed by atoms with Crippen molar-refractivity contribution in [3.8, 4) is 23.0 Å². The second kappa shape index (κ2) is 7.87. The highest BCUT2D eigenvalue weighted by Gasteiger charge is 2.22. The lowest BCUT2D eigenvalue weighted by Crippen LogP contribution is -2.07. The van der Waals surface area contributed by atoms with E-state index in [-0.39, 0.29) is 5.78 Å². The zero-order chi connectivity index (χ0) is 22.3. The maximum atomic E-state index is 13.6. The first-order valence-electron chi connectivity index (χ1n) is 9.87. The average molecular weight is 419 g/mol. The molecule has 6 heteroatoms. The number of H-pyrrole nitrogens is 1. The molecule has 1 N–H and O–H groups in total. The Balaban J connectivity index is 1.95. The van der Waals surface area contributed by atoms with Crippen molar-refractivity contribution >= 4 is 27.6 Å². The van der Waals surface area contributed by atoms with Crippen LogP contribution < -0.4 is 18.9 Å². The van der Waals surface area contributed by atoms with Crippen LogP contribution in [-0.2, 0) is 0 Å². The van der Waals surface area contributed by atoms with Crippen LogP contribution in [0.15, 0.2) is 36.4 Å². The fourth-order valence-corrected chi connectivity index (χ4v) is 4.12. The highest BCUT2D eigenvalue weighted by Crippen LogP contribution is 2.40. The summed E-state index contributed by atoms with van der Waals surface area (Å²) in [5.41, 5.74) is 5.00. The SMILES string of the molecule is COc1ccc2[nH]c3c(C)cc(C(=O)c4cc(OC)c(OC)c(OC)c4)c(C)c3c2c1. The van der Waals surface area contributed by atoms with Crippen LogP contribution in [-0.4, -0.2) is 39.2 Å². The summed E-state index contributed by atoms with van der Waals surface area (Å²) in [6, 6.07) is 11.2.